The lowest BCUT2D eigenvalue weighted by molar-refractivity contribution is -0.385. The Morgan fingerprint density at radius 1 is 1.26 bits per heavy atom. The van der Waals surface area contributed by atoms with Crippen LogP contribution < -0.4 is 5.32 Å². The zero-order chi connectivity index (χ0) is 27.7. The molecule has 0 atom stereocenters. The topological polar surface area (TPSA) is 146 Å². The number of ether oxygens (including phenoxy) is 2. The van der Waals surface area contributed by atoms with Gasteiger partial charge in [0.2, 0.25) is 0 Å². The number of anilines is 1. The number of rotatable bonds is 9. The zero-order valence-corrected chi connectivity index (χ0v) is 22.6. The molecule has 0 saturated heterocycles. The molecule has 0 saturated carbocycles. The first kappa shape index (κ1) is 26.6. The lowest BCUT2D eigenvalue weighted by atomic mass is 9.95. The monoisotopic (exact) mass is 549 g/mol. The molecule has 202 valence electrons. The molecule has 0 bridgehead atoms. The van der Waals surface area contributed by atoms with E-state index in [9.17, 15) is 19.7 Å². The Morgan fingerprint density at radius 2 is 2.08 bits per heavy atom. The third-order valence-corrected chi connectivity index (χ3v) is 7.60. The number of carbonyl (C=O) groups is 2. The first-order valence-electron chi connectivity index (χ1n) is 12.4. The van der Waals surface area contributed by atoms with E-state index in [4.69, 9.17) is 14.5 Å². The third-order valence-electron chi connectivity index (χ3n) is 6.50. The molecule has 11 nitrogen and oxygen atoms in total. The van der Waals surface area contributed by atoms with Crippen LogP contribution in [-0.4, -0.2) is 50.4 Å². The lowest BCUT2D eigenvalue weighted by Crippen LogP contribution is -2.32. The molecule has 12 heteroatoms. The number of esters is 1. The van der Waals surface area contributed by atoms with Gasteiger partial charge in [-0.3, -0.25) is 19.7 Å². The van der Waals surface area contributed by atoms with Crippen LogP contribution in [0.2, 0.25) is 0 Å². The molecule has 0 spiro atoms. The number of nitrogens with one attached hydrogen (secondary N) is 1. The van der Waals surface area contributed by atoms with Gasteiger partial charge in [-0.1, -0.05) is 12.1 Å². The second-order valence-corrected chi connectivity index (χ2v) is 11.1. The summed E-state index contributed by atoms with van der Waals surface area (Å²) in [6.07, 6.45) is 2.57. The number of nitro benzene ring substituents is 1. The number of thiophene rings is 1. The predicted octanol–water partition coefficient (Wildman–Crippen LogP) is 4.33. The summed E-state index contributed by atoms with van der Waals surface area (Å²) in [6, 6.07) is 6.92. The number of carbonyl (C=O) groups excluding carboxylic acids is 2. The smallest absolute Gasteiger partial charge is 0.303 e. The van der Waals surface area contributed by atoms with Crippen molar-refractivity contribution in [2.24, 2.45) is 0 Å². The normalized spacial score (nSPS) is 14.2. The van der Waals surface area contributed by atoms with Crippen LogP contribution in [0.15, 0.2) is 30.6 Å². The van der Waals surface area contributed by atoms with Gasteiger partial charge in [-0.05, 0) is 31.9 Å². The molecule has 0 amide bonds. The lowest BCUT2D eigenvalue weighted by Gasteiger charge is -2.30. The van der Waals surface area contributed by atoms with Crippen LogP contribution in [0.25, 0.3) is 20.4 Å². The Kier molecular flexibility index (Phi) is 7.23. The average Bonchev–Trinajstić information content (AvgIpc) is 3.24. The van der Waals surface area contributed by atoms with Crippen molar-refractivity contribution in [2.75, 3.05) is 18.5 Å². The van der Waals surface area contributed by atoms with E-state index in [0.29, 0.717) is 25.4 Å². The Labute approximate surface area is 227 Å². The van der Waals surface area contributed by atoms with Crippen molar-refractivity contribution in [1.29, 1.82) is 0 Å². The average molecular weight is 550 g/mol. The van der Waals surface area contributed by atoms with Crippen molar-refractivity contribution in [1.82, 2.24) is 15.0 Å². The second-order valence-electron chi connectivity index (χ2n) is 10.1. The molecule has 39 heavy (non-hydrogen) atoms. The van der Waals surface area contributed by atoms with Crippen LogP contribution in [0, 0.1) is 10.1 Å². The summed E-state index contributed by atoms with van der Waals surface area (Å²) in [4.78, 5) is 48.9. The third kappa shape index (κ3) is 5.86. The van der Waals surface area contributed by atoms with Crippen molar-refractivity contribution in [3.63, 3.8) is 0 Å². The number of nitro groups is 1. The number of pyridine rings is 1. The van der Waals surface area contributed by atoms with Gasteiger partial charge in [-0.25, -0.2) is 15.0 Å². The highest BCUT2D eigenvalue weighted by molar-refractivity contribution is 7.25. The maximum Gasteiger partial charge on any atom is 0.303 e. The largest absolute Gasteiger partial charge is 0.458 e. The molecule has 0 aliphatic carbocycles. The van der Waals surface area contributed by atoms with Gasteiger partial charge in [0.05, 0.1) is 33.0 Å². The number of nitrogens with zero attached hydrogens (tertiary/aromatic N) is 4. The minimum atomic E-state index is -0.577. The van der Waals surface area contributed by atoms with Gasteiger partial charge in [0.25, 0.3) is 5.69 Å². The summed E-state index contributed by atoms with van der Waals surface area (Å²) in [5, 5.41) is 15.9. The number of aromatic nitrogens is 3. The molecule has 4 aromatic rings. The first-order valence-corrected chi connectivity index (χ1v) is 13.3. The summed E-state index contributed by atoms with van der Waals surface area (Å²) in [7, 11) is 0. The number of benzene rings is 1. The van der Waals surface area contributed by atoms with Gasteiger partial charge in [0.1, 0.15) is 23.6 Å². The fourth-order valence-corrected chi connectivity index (χ4v) is 5.66. The van der Waals surface area contributed by atoms with Gasteiger partial charge >= 0.3 is 5.97 Å². The molecule has 1 aromatic carbocycles. The summed E-state index contributed by atoms with van der Waals surface area (Å²) in [6.45, 7) is 5.91. The number of fused-ring (bicyclic) bond motifs is 4. The number of hydrogen-bond donors (Lipinski definition) is 1. The highest BCUT2D eigenvalue weighted by atomic mass is 32.1. The standard InChI is InChI=1S/C27H27N5O6S/c1-15(33)37-13-19(34)9-17-5-4-16(8-22(17)32(35)36)6-7-28-25-24-23(29-14-30-25)20-10-18-12-38-27(2,3)11-21(18)31-26(20)39-24/h4-5,8,10,14H,6-7,9,11-13H2,1-3H3,(H,28,29,30). The molecule has 5 rings (SSSR count). The SMILES string of the molecule is CC(=O)OCC(=O)Cc1ccc(CCNc2ncnc3c2sc2nc4c(cc23)COC(C)(C)C4)cc1[N+](=O)[O-]. The highest BCUT2D eigenvalue weighted by Crippen LogP contribution is 2.38. The Bertz CT molecular complexity index is 1620. The summed E-state index contributed by atoms with van der Waals surface area (Å²) < 4.78 is 11.6. The van der Waals surface area contributed by atoms with Gasteiger partial charge in [0.15, 0.2) is 5.78 Å². The predicted molar refractivity (Wildman–Crippen MR) is 146 cm³/mol. The second kappa shape index (κ2) is 10.6. The van der Waals surface area contributed by atoms with Crippen molar-refractivity contribution in [2.45, 2.75) is 52.2 Å². The Morgan fingerprint density at radius 3 is 2.85 bits per heavy atom. The van der Waals surface area contributed by atoms with Crippen molar-refractivity contribution in [3.05, 3.63) is 63.1 Å². The van der Waals surface area contributed by atoms with E-state index >= 15 is 0 Å². The molecule has 0 radical (unpaired) electrons. The highest BCUT2D eigenvalue weighted by Gasteiger charge is 2.28. The minimum absolute atomic E-state index is 0.139. The van der Waals surface area contributed by atoms with Crippen LogP contribution in [0.5, 0.6) is 0 Å². The molecule has 4 heterocycles. The van der Waals surface area contributed by atoms with Crippen molar-refractivity contribution < 1.29 is 24.0 Å². The first-order chi connectivity index (χ1) is 18.6. The van der Waals surface area contributed by atoms with Gasteiger partial charge in [0, 0.05) is 48.9 Å². The van der Waals surface area contributed by atoms with E-state index in [1.54, 1.807) is 12.1 Å². The molecule has 0 fully saturated rings. The molecule has 1 aliphatic heterocycles. The minimum Gasteiger partial charge on any atom is -0.458 e. The number of ketones is 1. The van der Waals surface area contributed by atoms with E-state index < -0.39 is 23.3 Å². The fraction of sp³-hybridized carbons (Fsp3) is 0.370. The fourth-order valence-electron chi connectivity index (χ4n) is 4.57. The molecule has 0 unspecified atom stereocenters. The van der Waals surface area contributed by atoms with Crippen LogP contribution in [-0.2, 0) is 44.9 Å². The number of Topliss-reactive ketones (excluding diaryl/α,β-unsaturated/α-hetero) is 1. The summed E-state index contributed by atoms with van der Waals surface area (Å²) >= 11 is 1.54. The maximum absolute atomic E-state index is 12.0. The van der Waals surface area contributed by atoms with Crippen LogP contribution in [0.3, 0.4) is 0 Å². The van der Waals surface area contributed by atoms with Crippen molar-refractivity contribution >= 4 is 55.0 Å². The van der Waals surface area contributed by atoms with Crippen LogP contribution in [0.1, 0.15) is 43.2 Å². The Balaban J connectivity index is 1.31. The van der Waals surface area contributed by atoms with E-state index in [2.05, 4.69) is 35.2 Å². The molecular formula is C27H27N5O6S. The molecular weight excluding hydrogens is 522 g/mol. The number of hydrogen-bond acceptors (Lipinski definition) is 11. The summed E-state index contributed by atoms with van der Waals surface area (Å²) in [5.41, 5.74) is 3.58. The van der Waals surface area contributed by atoms with E-state index in [0.717, 1.165) is 43.7 Å². The van der Waals surface area contributed by atoms with Crippen LogP contribution in [0.4, 0.5) is 11.5 Å². The van der Waals surface area contributed by atoms with E-state index in [-0.39, 0.29) is 23.3 Å². The molecule has 3 aromatic heterocycles. The van der Waals surface area contributed by atoms with Gasteiger partial charge in [-0.2, -0.15) is 0 Å². The zero-order valence-electron chi connectivity index (χ0n) is 21.8. The quantitative estimate of drug-likeness (QED) is 0.182. The van der Waals surface area contributed by atoms with E-state index in [1.165, 1.54) is 30.7 Å². The van der Waals surface area contributed by atoms with Crippen LogP contribution >= 0.6 is 11.3 Å². The van der Waals surface area contributed by atoms with E-state index in [1.807, 2.05) is 0 Å². The molecule has 1 aliphatic rings. The van der Waals surface area contributed by atoms with Gasteiger partial charge < -0.3 is 14.8 Å². The van der Waals surface area contributed by atoms with Crippen molar-refractivity contribution in [3.8, 4) is 0 Å². The van der Waals surface area contributed by atoms with Gasteiger partial charge in [-0.15, -0.1) is 11.3 Å². The summed E-state index contributed by atoms with van der Waals surface area (Å²) in [5.74, 6) is -0.309. The Hall–Kier alpha value is -4.03. The molecule has 1 N–H and O–H groups in total. The maximum atomic E-state index is 12.0.